The molecular weight excluding hydrogens is 261 g/mol. The van der Waals surface area contributed by atoms with Crippen molar-refractivity contribution in [2.75, 3.05) is 7.05 Å². The molecule has 0 spiro atoms. The third kappa shape index (κ3) is 4.06. The van der Waals surface area contributed by atoms with Crippen molar-refractivity contribution in [1.82, 2.24) is 5.32 Å². The van der Waals surface area contributed by atoms with Gasteiger partial charge in [-0.1, -0.05) is 26.8 Å². The molecular formula is C19H30FN. The Balaban J connectivity index is 2.16. The fourth-order valence-corrected chi connectivity index (χ4v) is 3.80. The molecule has 21 heavy (non-hydrogen) atoms. The molecule has 1 aliphatic rings. The van der Waals surface area contributed by atoms with E-state index in [0.29, 0.717) is 17.4 Å². The molecule has 2 heteroatoms. The fourth-order valence-electron chi connectivity index (χ4n) is 3.80. The van der Waals surface area contributed by atoms with Gasteiger partial charge >= 0.3 is 0 Å². The molecule has 3 unspecified atom stereocenters. The number of aryl methyl sites for hydroxylation is 1. The Kier molecular flexibility index (Phi) is 5.08. The van der Waals surface area contributed by atoms with Crippen LogP contribution in [0.1, 0.15) is 51.2 Å². The van der Waals surface area contributed by atoms with Crippen LogP contribution in [0.4, 0.5) is 4.39 Å². The van der Waals surface area contributed by atoms with Gasteiger partial charge in [0.2, 0.25) is 0 Å². The predicted octanol–water partition coefficient (Wildman–Crippen LogP) is 4.73. The molecule has 1 saturated carbocycles. The van der Waals surface area contributed by atoms with Crippen molar-refractivity contribution >= 4 is 0 Å². The largest absolute Gasteiger partial charge is 0.317 e. The molecule has 2 rings (SSSR count). The van der Waals surface area contributed by atoms with Gasteiger partial charge in [-0.3, -0.25) is 0 Å². The van der Waals surface area contributed by atoms with Gasteiger partial charge in [-0.25, -0.2) is 4.39 Å². The third-order valence-electron chi connectivity index (χ3n) is 5.37. The summed E-state index contributed by atoms with van der Waals surface area (Å²) in [5, 5.41) is 3.49. The standard InChI is InChI=1S/C19H30FN/c1-13-6-8-17(20)12-14(13)10-15-11-16(19(2,3)4)7-9-18(15)21-5/h6,8,12,15-16,18,21H,7,9-11H2,1-5H3. The van der Waals surface area contributed by atoms with Gasteiger partial charge in [0.05, 0.1) is 0 Å². The van der Waals surface area contributed by atoms with Gasteiger partial charge in [-0.05, 0) is 80.2 Å². The lowest BCUT2D eigenvalue weighted by Crippen LogP contribution is -2.42. The van der Waals surface area contributed by atoms with Crippen molar-refractivity contribution in [3.63, 3.8) is 0 Å². The van der Waals surface area contributed by atoms with E-state index in [1.165, 1.54) is 30.4 Å². The highest BCUT2D eigenvalue weighted by atomic mass is 19.1. The number of nitrogens with one attached hydrogen (secondary N) is 1. The van der Waals surface area contributed by atoms with Crippen LogP contribution in [0.5, 0.6) is 0 Å². The minimum absolute atomic E-state index is 0.111. The van der Waals surface area contributed by atoms with Gasteiger partial charge in [-0.15, -0.1) is 0 Å². The molecule has 0 amide bonds. The summed E-state index contributed by atoms with van der Waals surface area (Å²) in [7, 11) is 2.06. The minimum Gasteiger partial charge on any atom is -0.317 e. The highest BCUT2D eigenvalue weighted by Gasteiger charge is 2.35. The molecule has 0 aliphatic heterocycles. The lowest BCUT2D eigenvalue weighted by molar-refractivity contribution is 0.116. The lowest BCUT2D eigenvalue weighted by atomic mass is 9.66. The van der Waals surface area contributed by atoms with E-state index in [-0.39, 0.29) is 5.82 Å². The zero-order valence-electron chi connectivity index (χ0n) is 14.2. The van der Waals surface area contributed by atoms with Crippen LogP contribution in [-0.2, 0) is 6.42 Å². The van der Waals surface area contributed by atoms with E-state index in [4.69, 9.17) is 0 Å². The first-order valence-electron chi connectivity index (χ1n) is 8.23. The van der Waals surface area contributed by atoms with E-state index in [1.54, 1.807) is 12.1 Å². The summed E-state index contributed by atoms with van der Waals surface area (Å²) in [6, 6.07) is 5.75. The summed E-state index contributed by atoms with van der Waals surface area (Å²) in [4.78, 5) is 0. The average Bonchev–Trinajstić information content (AvgIpc) is 2.42. The zero-order valence-corrected chi connectivity index (χ0v) is 14.2. The van der Waals surface area contributed by atoms with Crippen LogP contribution in [0.25, 0.3) is 0 Å². The summed E-state index contributed by atoms with van der Waals surface area (Å²) >= 11 is 0. The molecule has 1 fully saturated rings. The molecule has 118 valence electrons. The minimum atomic E-state index is -0.111. The maximum atomic E-state index is 13.5. The SMILES string of the molecule is CNC1CCC(C(C)(C)C)CC1Cc1cc(F)ccc1C. The number of hydrogen-bond acceptors (Lipinski definition) is 1. The molecule has 0 saturated heterocycles. The van der Waals surface area contributed by atoms with Crippen molar-refractivity contribution < 1.29 is 4.39 Å². The monoisotopic (exact) mass is 291 g/mol. The van der Waals surface area contributed by atoms with Gasteiger partial charge in [-0.2, -0.15) is 0 Å². The summed E-state index contributed by atoms with van der Waals surface area (Å²) < 4.78 is 13.5. The van der Waals surface area contributed by atoms with Gasteiger partial charge in [0, 0.05) is 6.04 Å². The first-order valence-corrected chi connectivity index (χ1v) is 8.23. The van der Waals surface area contributed by atoms with Crippen molar-refractivity contribution in [3.8, 4) is 0 Å². The van der Waals surface area contributed by atoms with E-state index >= 15 is 0 Å². The molecule has 3 atom stereocenters. The lowest BCUT2D eigenvalue weighted by Gasteiger charge is -2.42. The highest BCUT2D eigenvalue weighted by molar-refractivity contribution is 5.27. The van der Waals surface area contributed by atoms with Crippen LogP contribution in [-0.4, -0.2) is 13.1 Å². The summed E-state index contributed by atoms with van der Waals surface area (Å²) in [5.74, 6) is 1.26. The first kappa shape index (κ1) is 16.5. The Morgan fingerprint density at radius 1 is 1.24 bits per heavy atom. The molecule has 1 nitrogen and oxygen atoms in total. The average molecular weight is 291 g/mol. The van der Waals surface area contributed by atoms with Crippen LogP contribution in [0.2, 0.25) is 0 Å². The Morgan fingerprint density at radius 2 is 1.95 bits per heavy atom. The molecule has 0 radical (unpaired) electrons. The molecule has 1 aliphatic carbocycles. The number of rotatable bonds is 3. The normalized spacial score (nSPS) is 26.9. The number of benzene rings is 1. The number of hydrogen-bond donors (Lipinski definition) is 1. The van der Waals surface area contributed by atoms with Crippen molar-refractivity contribution in [2.24, 2.45) is 17.3 Å². The van der Waals surface area contributed by atoms with E-state index in [9.17, 15) is 4.39 Å². The Labute approximate surface area is 129 Å². The predicted molar refractivity (Wildman–Crippen MR) is 88.0 cm³/mol. The second-order valence-corrected chi connectivity index (χ2v) is 7.81. The molecule has 1 aromatic rings. The van der Waals surface area contributed by atoms with E-state index in [0.717, 1.165) is 12.3 Å². The molecule has 1 aromatic carbocycles. The van der Waals surface area contributed by atoms with Crippen molar-refractivity contribution in [1.29, 1.82) is 0 Å². The fraction of sp³-hybridized carbons (Fsp3) is 0.684. The van der Waals surface area contributed by atoms with Crippen molar-refractivity contribution in [2.45, 2.75) is 59.4 Å². The zero-order chi connectivity index (χ0) is 15.6. The third-order valence-corrected chi connectivity index (χ3v) is 5.37. The van der Waals surface area contributed by atoms with Crippen LogP contribution >= 0.6 is 0 Å². The van der Waals surface area contributed by atoms with Crippen LogP contribution in [0.3, 0.4) is 0 Å². The van der Waals surface area contributed by atoms with Gasteiger partial charge in [0.1, 0.15) is 5.82 Å². The maximum Gasteiger partial charge on any atom is 0.123 e. The second-order valence-electron chi connectivity index (χ2n) is 7.81. The smallest absolute Gasteiger partial charge is 0.123 e. The Bertz CT molecular complexity index is 475. The van der Waals surface area contributed by atoms with Crippen LogP contribution < -0.4 is 5.32 Å². The van der Waals surface area contributed by atoms with E-state index < -0.39 is 0 Å². The van der Waals surface area contributed by atoms with Gasteiger partial charge < -0.3 is 5.32 Å². The highest BCUT2D eigenvalue weighted by Crippen LogP contribution is 2.41. The van der Waals surface area contributed by atoms with Crippen LogP contribution in [0.15, 0.2) is 18.2 Å². The molecule has 1 N–H and O–H groups in total. The molecule has 0 bridgehead atoms. The molecule has 0 heterocycles. The topological polar surface area (TPSA) is 12.0 Å². The van der Waals surface area contributed by atoms with Crippen LogP contribution in [0, 0.1) is 30.0 Å². The first-order chi connectivity index (χ1) is 9.81. The van der Waals surface area contributed by atoms with Crippen molar-refractivity contribution in [3.05, 3.63) is 35.1 Å². The quantitative estimate of drug-likeness (QED) is 0.849. The second kappa shape index (κ2) is 6.48. The Hall–Kier alpha value is -0.890. The molecule has 0 aromatic heterocycles. The summed E-state index contributed by atoms with van der Waals surface area (Å²) in [5.41, 5.74) is 2.76. The van der Waals surface area contributed by atoms with Gasteiger partial charge in [0.25, 0.3) is 0 Å². The van der Waals surface area contributed by atoms with E-state index in [1.807, 2.05) is 6.07 Å². The summed E-state index contributed by atoms with van der Waals surface area (Å²) in [6.07, 6.45) is 4.76. The summed E-state index contributed by atoms with van der Waals surface area (Å²) in [6.45, 7) is 9.14. The maximum absolute atomic E-state index is 13.5. The van der Waals surface area contributed by atoms with Gasteiger partial charge in [0.15, 0.2) is 0 Å². The number of halogens is 1. The van der Waals surface area contributed by atoms with E-state index in [2.05, 4.69) is 40.1 Å². The Morgan fingerprint density at radius 3 is 2.57 bits per heavy atom.